The van der Waals surface area contributed by atoms with Crippen molar-refractivity contribution in [3.05, 3.63) is 169 Å². The van der Waals surface area contributed by atoms with Crippen LogP contribution in [0.4, 0.5) is 0 Å². The number of hydrogen-bond donors (Lipinski definition) is 0. The van der Waals surface area contributed by atoms with Crippen LogP contribution in [0.25, 0.3) is 77.2 Å². The first-order chi connectivity index (χ1) is 29.2. The second-order valence-electron chi connectivity index (χ2n) is 9.93. The fourth-order valence-corrected chi connectivity index (χ4v) is 5.63. The molecule has 2 aromatic heterocycles. The number of rotatable bonds is 4. The minimum Gasteiger partial charge on any atom is -0.309 e. The second-order valence-corrected chi connectivity index (χ2v) is 9.93. The summed E-state index contributed by atoms with van der Waals surface area (Å²) >= 11 is 0. The Bertz CT molecular complexity index is 3190. The predicted molar refractivity (Wildman–Crippen MR) is 186 cm³/mol. The average Bonchev–Trinajstić information content (AvgIpc) is 3.69. The van der Waals surface area contributed by atoms with Crippen molar-refractivity contribution in [2.24, 2.45) is 0 Å². The molecule has 9 aromatic rings. The molecule has 2 heterocycles. The quantitative estimate of drug-likeness (QED) is 0.197. The molecule has 0 amide bonds. The highest BCUT2D eigenvalue weighted by Crippen LogP contribution is 2.42. The van der Waals surface area contributed by atoms with Gasteiger partial charge in [-0.25, -0.2) is 0 Å². The zero-order chi connectivity index (χ0) is 44.7. The molecule has 0 atom stereocenters. The Morgan fingerprint density at radius 2 is 0.727 bits per heavy atom. The summed E-state index contributed by atoms with van der Waals surface area (Å²) in [5.41, 5.74) is -0.770. The largest absolute Gasteiger partial charge is 0.309 e. The number of nitrogens with zero attached hydrogens (tertiary/aromatic N) is 2. The van der Waals surface area contributed by atoms with Gasteiger partial charge in [0, 0.05) is 32.9 Å². The number of benzene rings is 7. The standard InChI is InChI=1S/C42H28N2/c1-3-11-29(12-4-1)31-19-23-33(24-20-31)43-37-17-9-7-15-35(37)41-39(43)27-28-40-42(41)36-16-8-10-18-38(36)44(40)34-25-21-32(22-26-34)30-13-5-2-6-14-30/h1-28H/i1D,2D,7D,8D,11D,12D,13D,14D,15D,16D,17D,18D,23D,24D,25D,26D,27D,28D. The van der Waals surface area contributed by atoms with E-state index in [0.29, 0.717) is 0 Å². The van der Waals surface area contributed by atoms with E-state index in [9.17, 15) is 11.0 Å². The van der Waals surface area contributed by atoms with Gasteiger partial charge >= 0.3 is 0 Å². The Labute approximate surface area is 281 Å². The lowest BCUT2D eigenvalue weighted by molar-refractivity contribution is 1.17. The van der Waals surface area contributed by atoms with E-state index in [1.54, 1.807) is 0 Å². The third-order valence-corrected chi connectivity index (χ3v) is 7.53. The van der Waals surface area contributed by atoms with Crippen LogP contribution in [0.15, 0.2) is 169 Å². The van der Waals surface area contributed by atoms with Gasteiger partial charge in [-0.15, -0.1) is 0 Å². The lowest BCUT2D eigenvalue weighted by atomic mass is 10.1. The molecule has 0 radical (unpaired) electrons. The Morgan fingerprint density at radius 1 is 0.341 bits per heavy atom. The van der Waals surface area contributed by atoms with Crippen LogP contribution in [0, 0.1) is 0 Å². The summed E-state index contributed by atoms with van der Waals surface area (Å²) in [6.45, 7) is 0. The molecule has 0 fully saturated rings. The van der Waals surface area contributed by atoms with E-state index in [1.165, 1.54) is 57.7 Å². The zero-order valence-corrected chi connectivity index (χ0v) is 22.7. The highest BCUT2D eigenvalue weighted by molar-refractivity contribution is 6.28. The van der Waals surface area contributed by atoms with Crippen LogP contribution >= 0.6 is 0 Å². The highest BCUT2D eigenvalue weighted by atomic mass is 15.0. The maximum absolute atomic E-state index is 9.62. The van der Waals surface area contributed by atoms with Gasteiger partial charge in [0.2, 0.25) is 0 Å². The normalized spacial score (nSPS) is 17.4. The fourth-order valence-electron chi connectivity index (χ4n) is 5.63. The van der Waals surface area contributed by atoms with Crippen LogP contribution in [0.5, 0.6) is 0 Å². The molecule has 0 aliphatic carbocycles. The van der Waals surface area contributed by atoms with E-state index in [2.05, 4.69) is 0 Å². The van der Waals surface area contributed by atoms with Gasteiger partial charge in [0.25, 0.3) is 0 Å². The van der Waals surface area contributed by atoms with Crippen LogP contribution in [0.1, 0.15) is 24.7 Å². The number of fused-ring (bicyclic) bond motifs is 7. The lowest BCUT2D eigenvalue weighted by Gasteiger charge is -2.11. The van der Waals surface area contributed by atoms with Crippen molar-refractivity contribution in [3.8, 4) is 33.6 Å². The lowest BCUT2D eigenvalue weighted by Crippen LogP contribution is -1.95. The summed E-state index contributed by atoms with van der Waals surface area (Å²) in [4.78, 5) is 0. The first-order valence-electron chi connectivity index (χ1n) is 22.6. The van der Waals surface area contributed by atoms with Crippen molar-refractivity contribution in [1.29, 1.82) is 0 Å². The molecule has 0 saturated carbocycles. The van der Waals surface area contributed by atoms with Crippen LogP contribution in [-0.4, -0.2) is 9.13 Å². The number of hydrogen-bond acceptors (Lipinski definition) is 0. The molecule has 0 unspecified atom stereocenters. The van der Waals surface area contributed by atoms with Gasteiger partial charge in [0.05, 0.1) is 46.7 Å². The molecule has 206 valence electrons. The Morgan fingerprint density at radius 3 is 1.14 bits per heavy atom. The van der Waals surface area contributed by atoms with E-state index in [4.69, 9.17) is 13.7 Å². The smallest absolute Gasteiger partial charge is 0.0646 e. The SMILES string of the molecule is [2H]c1cc([2H])c(-c2cc([2H])c(-n3c4c([2H])cc([2H])c([2H])c4c4c5c6c([2H])c([2H])cc([2H])c6n(-c6c([2H])cc(-c7c([2H])cc([2H])cc7[2H])cc6[2H])c5c([2H])c([2H])c43)c([2H])c2)c([2H])c1. The first kappa shape index (κ1) is 12.8. The van der Waals surface area contributed by atoms with Crippen molar-refractivity contribution in [2.45, 2.75) is 0 Å². The summed E-state index contributed by atoms with van der Waals surface area (Å²) in [7, 11) is 0. The van der Waals surface area contributed by atoms with Crippen LogP contribution in [0.3, 0.4) is 0 Å². The minimum absolute atomic E-state index is 0.0522. The summed E-state index contributed by atoms with van der Waals surface area (Å²) < 4.78 is 162. The van der Waals surface area contributed by atoms with Gasteiger partial charge in [-0.1, -0.05) is 121 Å². The monoisotopic (exact) mass is 578 g/mol. The average molecular weight is 579 g/mol. The van der Waals surface area contributed by atoms with Crippen molar-refractivity contribution in [1.82, 2.24) is 9.13 Å². The van der Waals surface area contributed by atoms with Crippen molar-refractivity contribution in [3.63, 3.8) is 0 Å². The van der Waals surface area contributed by atoms with Crippen molar-refractivity contribution < 1.29 is 24.7 Å². The van der Waals surface area contributed by atoms with Crippen molar-refractivity contribution >= 4 is 43.6 Å². The molecule has 0 aliphatic heterocycles. The molecular weight excluding hydrogens is 532 g/mol. The van der Waals surface area contributed by atoms with E-state index in [0.717, 1.165) is 12.1 Å². The van der Waals surface area contributed by atoms with Gasteiger partial charge in [0.1, 0.15) is 0 Å². The third kappa shape index (κ3) is 3.75. The maximum Gasteiger partial charge on any atom is 0.0646 e. The highest BCUT2D eigenvalue weighted by Gasteiger charge is 2.20. The van der Waals surface area contributed by atoms with Gasteiger partial charge in [0.15, 0.2) is 0 Å². The molecule has 2 nitrogen and oxygen atoms in total. The first-order valence-corrected chi connectivity index (χ1v) is 13.6. The summed E-state index contributed by atoms with van der Waals surface area (Å²) in [5.74, 6) is 0. The summed E-state index contributed by atoms with van der Waals surface area (Å²) in [6, 6.07) is 6.15. The molecule has 0 N–H and O–H groups in total. The van der Waals surface area contributed by atoms with Gasteiger partial charge in [-0.05, 0) is 70.6 Å². The summed E-state index contributed by atoms with van der Waals surface area (Å²) in [5, 5.41) is -0.430. The summed E-state index contributed by atoms with van der Waals surface area (Å²) in [6.07, 6.45) is 0. The van der Waals surface area contributed by atoms with E-state index >= 15 is 0 Å². The Kier molecular flexibility index (Phi) is 2.87. The van der Waals surface area contributed by atoms with Crippen molar-refractivity contribution in [2.75, 3.05) is 0 Å². The Balaban J connectivity index is 1.48. The Hall–Kier alpha value is -5.86. The van der Waals surface area contributed by atoms with Gasteiger partial charge in [-0.3, -0.25) is 0 Å². The third-order valence-electron chi connectivity index (χ3n) is 7.53. The molecule has 0 saturated heterocycles. The van der Waals surface area contributed by atoms with Gasteiger partial charge in [-0.2, -0.15) is 0 Å². The van der Waals surface area contributed by atoms with E-state index in [1.807, 2.05) is 0 Å². The fraction of sp³-hybridized carbons (Fsp3) is 0. The molecule has 0 spiro atoms. The molecule has 2 heteroatoms. The molecule has 44 heavy (non-hydrogen) atoms. The van der Waals surface area contributed by atoms with E-state index < -0.39 is 36.3 Å². The van der Waals surface area contributed by atoms with E-state index in [-0.39, 0.29) is 150 Å². The minimum atomic E-state index is -0.582. The number of aromatic nitrogens is 2. The maximum atomic E-state index is 9.62. The molecular formula is C42H28N2. The molecule has 0 bridgehead atoms. The zero-order valence-electron chi connectivity index (χ0n) is 40.7. The molecule has 9 rings (SSSR count). The van der Waals surface area contributed by atoms with Crippen LogP contribution in [0.2, 0.25) is 0 Å². The van der Waals surface area contributed by atoms with Gasteiger partial charge < -0.3 is 9.13 Å². The molecule has 0 aliphatic rings. The second kappa shape index (κ2) is 9.86. The molecule has 7 aromatic carbocycles. The van der Waals surface area contributed by atoms with Crippen LogP contribution in [-0.2, 0) is 0 Å². The predicted octanol–water partition coefficient (Wildman–Crippen LogP) is 11.2. The van der Waals surface area contributed by atoms with Crippen LogP contribution < -0.4 is 0 Å². The number of para-hydroxylation sites is 2. The topological polar surface area (TPSA) is 9.86 Å².